The zero-order chi connectivity index (χ0) is 11.3. The number of ether oxygens (including phenoxy) is 2. The average Bonchev–Trinajstić information content (AvgIpc) is 2.26. The highest BCUT2D eigenvalue weighted by Gasteiger charge is 2.05. The Bertz CT molecular complexity index is 358. The molecule has 5 heteroatoms. The molecule has 0 bridgehead atoms. The quantitative estimate of drug-likeness (QED) is 0.693. The van der Waals surface area contributed by atoms with Crippen LogP contribution in [0.4, 0.5) is 0 Å². The Kier molecular flexibility index (Phi) is 3.79. The Morgan fingerprint density at radius 1 is 1.40 bits per heavy atom. The lowest BCUT2D eigenvalue weighted by Gasteiger charge is -2.02. The molecule has 15 heavy (non-hydrogen) atoms. The van der Waals surface area contributed by atoms with Gasteiger partial charge >= 0.3 is 11.9 Å². The van der Waals surface area contributed by atoms with E-state index in [1.54, 1.807) is 12.1 Å². The van der Waals surface area contributed by atoms with Crippen LogP contribution in [0.2, 0.25) is 0 Å². The van der Waals surface area contributed by atoms with Crippen molar-refractivity contribution >= 4 is 11.9 Å². The van der Waals surface area contributed by atoms with Crippen molar-refractivity contribution in [1.82, 2.24) is 4.98 Å². The number of methoxy groups -OCH3 is 1. The molecule has 0 saturated heterocycles. The molecule has 0 fully saturated rings. The zero-order valence-electron chi connectivity index (χ0n) is 8.52. The first-order chi connectivity index (χ1) is 7.13. The second kappa shape index (κ2) is 5.09. The summed E-state index contributed by atoms with van der Waals surface area (Å²) in [6.45, 7) is 1.43. The van der Waals surface area contributed by atoms with Gasteiger partial charge in [-0.25, -0.2) is 4.79 Å². The molecule has 0 unspecified atom stereocenters. The Balaban J connectivity index is 2.64. The Morgan fingerprint density at radius 2 is 2.13 bits per heavy atom. The molecule has 0 atom stereocenters. The van der Waals surface area contributed by atoms with E-state index in [1.807, 2.05) is 0 Å². The minimum absolute atomic E-state index is 0.108. The van der Waals surface area contributed by atoms with Gasteiger partial charge in [0.25, 0.3) is 0 Å². The number of nitrogens with zero attached hydrogens (tertiary/aromatic N) is 1. The molecule has 0 aliphatic rings. The Labute approximate surface area is 87.0 Å². The molecule has 5 nitrogen and oxygen atoms in total. The van der Waals surface area contributed by atoms with E-state index in [9.17, 15) is 9.59 Å². The van der Waals surface area contributed by atoms with Crippen LogP contribution in [-0.4, -0.2) is 24.0 Å². The molecule has 0 N–H and O–H groups in total. The largest absolute Gasteiger partial charge is 0.465 e. The van der Waals surface area contributed by atoms with Gasteiger partial charge < -0.3 is 9.47 Å². The molecule has 0 aliphatic carbocycles. The number of aromatic nitrogens is 1. The maximum absolute atomic E-state index is 11.0. The van der Waals surface area contributed by atoms with Crippen molar-refractivity contribution in [2.75, 3.05) is 7.11 Å². The van der Waals surface area contributed by atoms with Gasteiger partial charge in [-0.1, -0.05) is 0 Å². The van der Waals surface area contributed by atoms with Crippen LogP contribution in [0, 0.1) is 0 Å². The fourth-order valence-corrected chi connectivity index (χ4v) is 0.924. The van der Waals surface area contributed by atoms with Gasteiger partial charge in [0.1, 0.15) is 6.61 Å². The standard InChI is InChI=1S/C10H11NO4/c1-7(12)15-6-9-4-3-8(5-11-9)10(13)14-2/h3-5H,6H2,1-2H3. The van der Waals surface area contributed by atoms with Crippen LogP contribution >= 0.6 is 0 Å². The fourth-order valence-electron chi connectivity index (χ4n) is 0.924. The van der Waals surface area contributed by atoms with E-state index in [0.29, 0.717) is 11.3 Å². The molecule has 1 heterocycles. The summed E-state index contributed by atoms with van der Waals surface area (Å²) in [5.41, 5.74) is 0.946. The van der Waals surface area contributed by atoms with Crippen LogP contribution in [0.15, 0.2) is 18.3 Å². The minimum atomic E-state index is -0.443. The molecule has 1 rings (SSSR count). The summed E-state index contributed by atoms with van der Waals surface area (Å²) in [6, 6.07) is 3.17. The fraction of sp³-hybridized carbons (Fsp3) is 0.300. The molecule has 1 aromatic heterocycles. The van der Waals surface area contributed by atoms with Crippen molar-refractivity contribution < 1.29 is 19.1 Å². The SMILES string of the molecule is COC(=O)c1ccc(COC(C)=O)nc1. The lowest BCUT2D eigenvalue weighted by Crippen LogP contribution is -2.04. The van der Waals surface area contributed by atoms with Gasteiger partial charge in [0.2, 0.25) is 0 Å². The van der Waals surface area contributed by atoms with Gasteiger partial charge in [-0.15, -0.1) is 0 Å². The van der Waals surface area contributed by atoms with Gasteiger partial charge in [0.15, 0.2) is 0 Å². The number of esters is 2. The third-order valence-corrected chi connectivity index (χ3v) is 1.67. The molecule has 0 saturated carbocycles. The van der Waals surface area contributed by atoms with Crippen LogP contribution < -0.4 is 0 Å². The minimum Gasteiger partial charge on any atom is -0.465 e. The van der Waals surface area contributed by atoms with Crippen molar-refractivity contribution in [3.8, 4) is 0 Å². The van der Waals surface area contributed by atoms with E-state index in [0.717, 1.165) is 0 Å². The predicted octanol–water partition coefficient (Wildman–Crippen LogP) is 0.931. The highest BCUT2D eigenvalue weighted by atomic mass is 16.5. The summed E-state index contributed by atoms with van der Waals surface area (Å²) < 4.78 is 9.25. The van der Waals surface area contributed by atoms with Crippen molar-refractivity contribution in [2.24, 2.45) is 0 Å². The lowest BCUT2D eigenvalue weighted by molar-refractivity contribution is -0.142. The lowest BCUT2D eigenvalue weighted by atomic mass is 10.2. The highest BCUT2D eigenvalue weighted by molar-refractivity contribution is 5.88. The van der Waals surface area contributed by atoms with Gasteiger partial charge in [0.05, 0.1) is 18.4 Å². The summed E-state index contributed by atoms with van der Waals surface area (Å²) in [5.74, 6) is -0.810. The first kappa shape index (κ1) is 11.2. The normalized spacial score (nSPS) is 9.47. The van der Waals surface area contributed by atoms with E-state index >= 15 is 0 Å². The van der Waals surface area contributed by atoms with E-state index in [1.165, 1.54) is 20.2 Å². The number of hydrogen-bond acceptors (Lipinski definition) is 5. The second-order valence-electron chi connectivity index (χ2n) is 2.81. The zero-order valence-corrected chi connectivity index (χ0v) is 8.52. The maximum Gasteiger partial charge on any atom is 0.339 e. The Hall–Kier alpha value is -1.91. The maximum atomic E-state index is 11.0. The van der Waals surface area contributed by atoms with Crippen molar-refractivity contribution in [3.63, 3.8) is 0 Å². The number of carbonyl (C=O) groups excluding carboxylic acids is 2. The second-order valence-corrected chi connectivity index (χ2v) is 2.81. The number of pyridine rings is 1. The van der Waals surface area contributed by atoms with Crippen molar-refractivity contribution in [3.05, 3.63) is 29.6 Å². The molecule has 0 amide bonds. The summed E-state index contributed by atoms with van der Waals surface area (Å²) in [4.78, 5) is 25.5. The average molecular weight is 209 g/mol. The Morgan fingerprint density at radius 3 is 2.60 bits per heavy atom. The third kappa shape index (κ3) is 3.38. The molecule has 1 aromatic rings. The van der Waals surface area contributed by atoms with E-state index in [2.05, 4.69) is 9.72 Å². The molecule has 0 spiro atoms. The van der Waals surface area contributed by atoms with Gasteiger partial charge in [-0.3, -0.25) is 9.78 Å². The van der Waals surface area contributed by atoms with Crippen LogP contribution in [0.3, 0.4) is 0 Å². The van der Waals surface area contributed by atoms with E-state index in [-0.39, 0.29) is 12.6 Å². The molecule has 0 aromatic carbocycles. The highest BCUT2D eigenvalue weighted by Crippen LogP contribution is 2.03. The summed E-state index contributed by atoms with van der Waals surface area (Å²) in [5, 5.41) is 0. The molecular weight excluding hydrogens is 198 g/mol. The molecule has 80 valence electrons. The summed E-state index contributed by atoms with van der Waals surface area (Å²) >= 11 is 0. The van der Waals surface area contributed by atoms with Gasteiger partial charge in [0, 0.05) is 13.1 Å². The number of rotatable bonds is 3. The summed E-state index contributed by atoms with van der Waals surface area (Å²) in [7, 11) is 1.30. The van der Waals surface area contributed by atoms with Crippen LogP contribution in [0.1, 0.15) is 23.0 Å². The molecule has 0 aliphatic heterocycles. The molecular formula is C10H11NO4. The monoisotopic (exact) mass is 209 g/mol. The van der Waals surface area contributed by atoms with Crippen LogP contribution in [0.25, 0.3) is 0 Å². The van der Waals surface area contributed by atoms with Crippen molar-refractivity contribution in [1.29, 1.82) is 0 Å². The van der Waals surface area contributed by atoms with Gasteiger partial charge in [-0.2, -0.15) is 0 Å². The summed E-state index contributed by atoms with van der Waals surface area (Å²) in [6.07, 6.45) is 1.38. The predicted molar refractivity (Wildman–Crippen MR) is 51.0 cm³/mol. The van der Waals surface area contributed by atoms with Gasteiger partial charge in [-0.05, 0) is 12.1 Å². The number of hydrogen-bond donors (Lipinski definition) is 0. The number of carbonyl (C=O) groups is 2. The van der Waals surface area contributed by atoms with Crippen LogP contribution in [0.5, 0.6) is 0 Å². The van der Waals surface area contributed by atoms with E-state index in [4.69, 9.17) is 4.74 Å². The van der Waals surface area contributed by atoms with Crippen LogP contribution in [-0.2, 0) is 20.9 Å². The van der Waals surface area contributed by atoms with Crippen molar-refractivity contribution in [2.45, 2.75) is 13.5 Å². The first-order valence-corrected chi connectivity index (χ1v) is 4.30. The topological polar surface area (TPSA) is 65.5 Å². The smallest absolute Gasteiger partial charge is 0.339 e. The first-order valence-electron chi connectivity index (χ1n) is 4.30. The third-order valence-electron chi connectivity index (χ3n) is 1.67. The molecule has 0 radical (unpaired) electrons. The van der Waals surface area contributed by atoms with E-state index < -0.39 is 5.97 Å².